The largest absolute Gasteiger partial charge is 0.491 e. The topological polar surface area (TPSA) is 102 Å². The Hall–Kier alpha value is -2.91. The highest BCUT2D eigenvalue weighted by molar-refractivity contribution is 7.89. The van der Waals surface area contributed by atoms with Crippen molar-refractivity contribution >= 4 is 27.6 Å². The van der Waals surface area contributed by atoms with Crippen LogP contribution < -0.4 is 10.1 Å². The van der Waals surface area contributed by atoms with Crippen molar-refractivity contribution in [3.8, 4) is 5.75 Å². The first-order valence-corrected chi connectivity index (χ1v) is 11.5. The number of hydrogen-bond donors (Lipinski definition) is 1. The summed E-state index contributed by atoms with van der Waals surface area (Å²) in [6.45, 7) is 4.31. The molecule has 0 aliphatic carbocycles. The van der Waals surface area contributed by atoms with Crippen LogP contribution in [0.25, 0.3) is 0 Å². The molecule has 8 nitrogen and oxygen atoms in total. The first kappa shape index (κ1) is 22.8. The predicted molar refractivity (Wildman–Crippen MR) is 116 cm³/mol. The SMILES string of the molecule is CC(C)Oc1ccc(C(=O)OCC(=O)Nc2cccc(S(=O)(=O)N3CCCC3)c2)cc1. The summed E-state index contributed by atoms with van der Waals surface area (Å²) < 4.78 is 37.3. The second-order valence-electron chi connectivity index (χ2n) is 7.45. The zero-order valence-electron chi connectivity index (χ0n) is 17.5. The van der Waals surface area contributed by atoms with Gasteiger partial charge in [0.1, 0.15) is 5.75 Å². The zero-order valence-corrected chi connectivity index (χ0v) is 18.4. The van der Waals surface area contributed by atoms with Gasteiger partial charge in [-0.25, -0.2) is 13.2 Å². The van der Waals surface area contributed by atoms with Gasteiger partial charge in [0.05, 0.1) is 16.6 Å². The average molecular weight is 447 g/mol. The van der Waals surface area contributed by atoms with Crippen LogP contribution in [0.3, 0.4) is 0 Å². The molecule has 1 fully saturated rings. The third-order valence-corrected chi connectivity index (χ3v) is 6.51. The molecule has 1 heterocycles. The molecule has 9 heteroatoms. The van der Waals surface area contributed by atoms with Gasteiger partial charge in [0.25, 0.3) is 5.91 Å². The Morgan fingerprint density at radius 2 is 1.74 bits per heavy atom. The molecule has 1 aliphatic rings. The van der Waals surface area contributed by atoms with Gasteiger partial charge in [-0.3, -0.25) is 4.79 Å². The molecule has 0 bridgehead atoms. The maximum absolute atomic E-state index is 12.7. The molecule has 31 heavy (non-hydrogen) atoms. The van der Waals surface area contributed by atoms with Gasteiger partial charge in [-0.1, -0.05) is 6.07 Å². The molecule has 0 unspecified atom stereocenters. The number of rotatable bonds is 8. The lowest BCUT2D eigenvalue weighted by Gasteiger charge is -2.16. The van der Waals surface area contributed by atoms with Crippen LogP contribution in [0.15, 0.2) is 53.4 Å². The van der Waals surface area contributed by atoms with E-state index in [-0.39, 0.29) is 11.0 Å². The Balaban J connectivity index is 1.55. The minimum absolute atomic E-state index is 0.0188. The fourth-order valence-electron chi connectivity index (χ4n) is 3.17. The number of nitrogens with zero attached hydrogens (tertiary/aromatic N) is 1. The monoisotopic (exact) mass is 446 g/mol. The van der Waals surface area contributed by atoms with E-state index in [1.807, 2.05) is 13.8 Å². The Morgan fingerprint density at radius 3 is 2.39 bits per heavy atom. The molecule has 0 spiro atoms. The number of amides is 1. The molecule has 2 aromatic rings. The Morgan fingerprint density at radius 1 is 1.06 bits per heavy atom. The standard InChI is InChI=1S/C22H26N2O6S/c1-16(2)30-19-10-8-17(9-11-19)22(26)29-15-21(25)23-18-6-5-7-20(14-18)31(27,28)24-12-3-4-13-24/h5-11,14,16H,3-4,12-13,15H2,1-2H3,(H,23,25). The number of anilines is 1. The summed E-state index contributed by atoms with van der Waals surface area (Å²) in [7, 11) is -3.58. The summed E-state index contributed by atoms with van der Waals surface area (Å²) >= 11 is 0. The van der Waals surface area contributed by atoms with Gasteiger partial charge in [-0.05, 0) is 69.2 Å². The second kappa shape index (κ2) is 9.93. The van der Waals surface area contributed by atoms with Crippen LogP contribution in [0.1, 0.15) is 37.0 Å². The van der Waals surface area contributed by atoms with Gasteiger partial charge in [-0.15, -0.1) is 0 Å². The number of benzene rings is 2. The Kier molecular flexibility index (Phi) is 7.29. The fourth-order valence-corrected chi connectivity index (χ4v) is 4.73. The number of esters is 1. The summed E-state index contributed by atoms with van der Waals surface area (Å²) in [5.74, 6) is -0.575. The molecular formula is C22H26N2O6S. The van der Waals surface area contributed by atoms with E-state index in [1.165, 1.54) is 16.4 Å². The second-order valence-corrected chi connectivity index (χ2v) is 9.39. The molecule has 0 aromatic heterocycles. The first-order valence-electron chi connectivity index (χ1n) is 10.1. The van der Waals surface area contributed by atoms with Crippen molar-refractivity contribution in [1.29, 1.82) is 0 Å². The quantitative estimate of drug-likeness (QED) is 0.626. The van der Waals surface area contributed by atoms with Gasteiger partial charge in [0.15, 0.2) is 6.61 Å². The highest BCUT2D eigenvalue weighted by atomic mass is 32.2. The van der Waals surface area contributed by atoms with E-state index < -0.39 is 28.5 Å². The van der Waals surface area contributed by atoms with Crippen molar-refractivity contribution in [2.24, 2.45) is 0 Å². The van der Waals surface area contributed by atoms with Crippen LogP contribution in [-0.4, -0.2) is 50.4 Å². The molecule has 3 rings (SSSR count). The van der Waals surface area contributed by atoms with Crippen LogP contribution in [0.4, 0.5) is 5.69 Å². The first-order chi connectivity index (χ1) is 14.8. The lowest BCUT2D eigenvalue weighted by molar-refractivity contribution is -0.119. The van der Waals surface area contributed by atoms with Crippen molar-refractivity contribution < 1.29 is 27.5 Å². The molecule has 166 valence electrons. The lowest BCUT2D eigenvalue weighted by Crippen LogP contribution is -2.28. The van der Waals surface area contributed by atoms with Crippen LogP contribution in [-0.2, 0) is 19.6 Å². The Labute approximate surface area is 182 Å². The number of carbonyl (C=O) groups is 2. The van der Waals surface area contributed by atoms with Gasteiger partial charge in [-0.2, -0.15) is 4.31 Å². The third kappa shape index (κ3) is 6.05. The smallest absolute Gasteiger partial charge is 0.338 e. The van der Waals surface area contributed by atoms with Gasteiger partial charge < -0.3 is 14.8 Å². The summed E-state index contributed by atoms with van der Waals surface area (Å²) in [6.07, 6.45) is 1.70. The van der Waals surface area contributed by atoms with Crippen molar-refractivity contribution in [2.75, 3.05) is 25.0 Å². The van der Waals surface area contributed by atoms with E-state index >= 15 is 0 Å². The van der Waals surface area contributed by atoms with Gasteiger partial charge in [0, 0.05) is 18.8 Å². The molecule has 2 aromatic carbocycles. The Bertz CT molecular complexity index is 1030. The van der Waals surface area contributed by atoms with Crippen LogP contribution in [0, 0.1) is 0 Å². The van der Waals surface area contributed by atoms with E-state index in [1.54, 1.807) is 36.4 Å². The highest BCUT2D eigenvalue weighted by Crippen LogP contribution is 2.23. The van der Waals surface area contributed by atoms with E-state index in [0.717, 1.165) is 12.8 Å². The summed E-state index contributed by atoms with van der Waals surface area (Å²) in [5.41, 5.74) is 0.610. The van der Waals surface area contributed by atoms with E-state index in [4.69, 9.17) is 9.47 Å². The average Bonchev–Trinajstić information content (AvgIpc) is 3.28. The van der Waals surface area contributed by atoms with Crippen molar-refractivity contribution in [2.45, 2.75) is 37.7 Å². The predicted octanol–water partition coefficient (Wildman–Crippen LogP) is 3.05. The lowest BCUT2D eigenvalue weighted by atomic mass is 10.2. The summed E-state index contributed by atoms with van der Waals surface area (Å²) in [6, 6.07) is 12.5. The van der Waals surface area contributed by atoms with Crippen LogP contribution in [0.5, 0.6) is 5.75 Å². The van der Waals surface area contributed by atoms with Gasteiger partial charge >= 0.3 is 5.97 Å². The highest BCUT2D eigenvalue weighted by Gasteiger charge is 2.27. The molecule has 0 atom stereocenters. The molecule has 1 aliphatic heterocycles. The molecular weight excluding hydrogens is 420 g/mol. The van der Waals surface area contributed by atoms with E-state index in [0.29, 0.717) is 30.1 Å². The van der Waals surface area contributed by atoms with Crippen molar-refractivity contribution in [3.05, 3.63) is 54.1 Å². The van der Waals surface area contributed by atoms with E-state index in [9.17, 15) is 18.0 Å². The normalized spacial score (nSPS) is 14.4. The van der Waals surface area contributed by atoms with Crippen LogP contribution >= 0.6 is 0 Å². The number of hydrogen-bond acceptors (Lipinski definition) is 6. The number of ether oxygens (including phenoxy) is 2. The minimum Gasteiger partial charge on any atom is -0.491 e. The molecule has 0 radical (unpaired) electrons. The molecule has 1 saturated heterocycles. The fraction of sp³-hybridized carbons (Fsp3) is 0.364. The number of sulfonamides is 1. The van der Waals surface area contributed by atoms with Crippen molar-refractivity contribution in [1.82, 2.24) is 4.31 Å². The third-order valence-electron chi connectivity index (χ3n) is 4.62. The molecule has 1 N–H and O–H groups in total. The van der Waals surface area contributed by atoms with Crippen molar-refractivity contribution in [3.63, 3.8) is 0 Å². The zero-order chi connectivity index (χ0) is 22.4. The van der Waals surface area contributed by atoms with E-state index in [2.05, 4.69) is 5.32 Å². The maximum Gasteiger partial charge on any atom is 0.338 e. The summed E-state index contributed by atoms with van der Waals surface area (Å²) in [5, 5.41) is 2.56. The van der Waals surface area contributed by atoms with Gasteiger partial charge in [0.2, 0.25) is 10.0 Å². The maximum atomic E-state index is 12.7. The number of nitrogens with one attached hydrogen (secondary N) is 1. The number of carbonyl (C=O) groups excluding carboxylic acids is 2. The minimum atomic E-state index is -3.58. The molecule has 0 saturated carbocycles. The summed E-state index contributed by atoms with van der Waals surface area (Å²) in [4.78, 5) is 24.4. The molecule has 1 amide bonds. The van der Waals surface area contributed by atoms with Crippen LogP contribution in [0.2, 0.25) is 0 Å².